The van der Waals surface area contributed by atoms with Crippen molar-refractivity contribution in [3.63, 3.8) is 0 Å². The summed E-state index contributed by atoms with van der Waals surface area (Å²) >= 11 is 0. The first-order chi connectivity index (χ1) is 9.25. The number of hydrogen-bond donors (Lipinski definition) is 1. The summed E-state index contributed by atoms with van der Waals surface area (Å²) in [6, 6.07) is 2.03. The molecule has 5 nitrogen and oxygen atoms in total. The maximum Gasteiger partial charge on any atom is 0.129 e. The zero-order valence-corrected chi connectivity index (χ0v) is 11.8. The summed E-state index contributed by atoms with van der Waals surface area (Å²) in [6.07, 6.45) is 3.96. The van der Waals surface area contributed by atoms with Crippen molar-refractivity contribution in [2.24, 2.45) is 0 Å². The van der Waals surface area contributed by atoms with E-state index in [0.29, 0.717) is 12.0 Å². The minimum Gasteiger partial charge on any atom is -0.381 e. The van der Waals surface area contributed by atoms with Crippen LogP contribution in [0.4, 0.5) is 5.82 Å². The molecule has 0 aromatic carbocycles. The van der Waals surface area contributed by atoms with Gasteiger partial charge in [0.15, 0.2) is 0 Å². The summed E-state index contributed by atoms with van der Waals surface area (Å²) in [6.45, 7) is 7.35. The molecule has 0 bridgehead atoms. The summed E-state index contributed by atoms with van der Waals surface area (Å²) in [5.74, 6) is 1.31. The molecule has 19 heavy (non-hydrogen) atoms. The molecular formula is C14H23N3O2. The van der Waals surface area contributed by atoms with Crippen LogP contribution in [0.25, 0.3) is 0 Å². The van der Waals surface area contributed by atoms with Gasteiger partial charge < -0.3 is 14.8 Å². The lowest BCUT2D eigenvalue weighted by molar-refractivity contribution is 0.0787. The molecule has 1 N–H and O–H groups in total. The summed E-state index contributed by atoms with van der Waals surface area (Å²) in [7, 11) is 0. The van der Waals surface area contributed by atoms with Gasteiger partial charge in [0.05, 0.1) is 18.4 Å². The fourth-order valence-corrected chi connectivity index (χ4v) is 2.07. The minimum absolute atomic E-state index is 0.299. The Morgan fingerprint density at radius 3 is 3.11 bits per heavy atom. The first-order valence-corrected chi connectivity index (χ1v) is 7.01. The quantitative estimate of drug-likeness (QED) is 0.766. The normalized spacial score (nSPS) is 19.0. The third-order valence-corrected chi connectivity index (χ3v) is 3.11. The molecule has 1 fully saturated rings. The molecule has 0 aliphatic carbocycles. The number of aromatic nitrogens is 2. The van der Waals surface area contributed by atoms with Gasteiger partial charge in [0.2, 0.25) is 0 Å². The molecule has 106 valence electrons. The van der Waals surface area contributed by atoms with Crippen LogP contribution < -0.4 is 5.32 Å². The number of anilines is 1. The highest BCUT2D eigenvalue weighted by Crippen LogP contribution is 2.24. The van der Waals surface area contributed by atoms with E-state index in [9.17, 15) is 0 Å². The fourth-order valence-electron chi connectivity index (χ4n) is 2.07. The smallest absolute Gasteiger partial charge is 0.129 e. The standard InChI is InChI=1S/C14H23N3O2/c1-11(2)19-6-3-5-15-14-8-13(16-10-17-14)12-4-7-18-9-12/h8,10-12H,3-7,9H2,1-2H3,(H,15,16,17)/t12-/m0/s1. The van der Waals surface area contributed by atoms with Crippen LogP contribution in [-0.4, -0.2) is 42.4 Å². The van der Waals surface area contributed by atoms with Crippen LogP contribution in [0.1, 0.15) is 38.3 Å². The molecule has 1 aromatic rings. The Morgan fingerprint density at radius 2 is 2.37 bits per heavy atom. The Bertz CT molecular complexity index is 379. The summed E-state index contributed by atoms with van der Waals surface area (Å²) in [4.78, 5) is 8.57. The van der Waals surface area contributed by atoms with E-state index in [1.54, 1.807) is 6.33 Å². The van der Waals surface area contributed by atoms with Crippen LogP contribution in [0, 0.1) is 0 Å². The van der Waals surface area contributed by atoms with Crippen molar-refractivity contribution in [3.05, 3.63) is 18.1 Å². The second-order valence-corrected chi connectivity index (χ2v) is 5.09. The first kappa shape index (κ1) is 14.2. The number of ether oxygens (including phenoxy) is 2. The number of nitrogens with one attached hydrogen (secondary N) is 1. The molecule has 1 saturated heterocycles. The third-order valence-electron chi connectivity index (χ3n) is 3.11. The van der Waals surface area contributed by atoms with E-state index < -0.39 is 0 Å². The summed E-state index contributed by atoms with van der Waals surface area (Å²) in [5, 5.41) is 3.31. The monoisotopic (exact) mass is 265 g/mol. The molecule has 1 aliphatic heterocycles. The van der Waals surface area contributed by atoms with E-state index in [0.717, 1.165) is 50.7 Å². The van der Waals surface area contributed by atoms with Crippen molar-refractivity contribution in [1.29, 1.82) is 0 Å². The van der Waals surface area contributed by atoms with Gasteiger partial charge in [0.25, 0.3) is 0 Å². The van der Waals surface area contributed by atoms with Crippen LogP contribution in [0.15, 0.2) is 12.4 Å². The van der Waals surface area contributed by atoms with Crippen molar-refractivity contribution in [1.82, 2.24) is 9.97 Å². The van der Waals surface area contributed by atoms with Gasteiger partial charge in [0.1, 0.15) is 12.1 Å². The lowest BCUT2D eigenvalue weighted by Crippen LogP contribution is -2.11. The topological polar surface area (TPSA) is 56.3 Å². The van der Waals surface area contributed by atoms with Crippen LogP contribution in [0.3, 0.4) is 0 Å². The van der Waals surface area contributed by atoms with Gasteiger partial charge in [-0.3, -0.25) is 0 Å². The van der Waals surface area contributed by atoms with E-state index >= 15 is 0 Å². The Morgan fingerprint density at radius 1 is 1.47 bits per heavy atom. The lowest BCUT2D eigenvalue weighted by atomic mass is 10.1. The molecule has 1 aliphatic rings. The van der Waals surface area contributed by atoms with Crippen LogP contribution >= 0.6 is 0 Å². The van der Waals surface area contributed by atoms with Gasteiger partial charge in [-0.05, 0) is 26.7 Å². The Labute approximate surface area is 114 Å². The van der Waals surface area contributed by atoms with Gasteiger partial charge in [-0.15, -0.1) is 0 Å². The maximum absolute atomic E-state index is 5.50. The van der Waals surface area contributed by atoms with Crippen molar-refractivity contribution in [2.45, 2.75) is 38.7 Å². The minimum atomic E-state index is 0.299. The zero-order valence-electron chi connectivity index (χ0n) is 11.8. The van der Waals surface area contributed by atoms with E-state index in [2.05, 4.69) is 15.3 Å². The predicted octanol–water partition coefficient (Wildman–Crippen LogP) is 2.21. The average molecular weight is 265 g/mol. The second-order valence-electron chi connectivity index (χ2n) is 5.09. The van der Waals surface area contributed by atoms with E-state index in [4.69, 9.17) is 9.47 Å². The number of nitrogens with zero attached hydrogens (tertiary/aromatic N) is 2. The Balaban J connectivity index is 1.75. The highest BCUT2D eigenvalue weighted by molar-refractivity contribution is 5.35. The first-order valence-electron chi connectivity index (χ1n) is 7.01. The summed E-state index contributed by atoms with van der Waals surface area (Å²) < 4.78 is 10.9. The van der Waals surface area contributed by atoms with E-state index in [-0.39, 0.29) is 0 Å². The van der Waals surface area contributed by atoms with Crippen LogP contribution in [-0.2, 0) is 9.47 Å². The zero-order chi connectivity index (χ0) is 13.5. The second kappa shape index (κ2) is 7.40. The van der Waals surface area contributed by atoms with Gasteiger partial charge in [-0.25, -0.2) is 9.97 Å². The van der Waals surface area contributed by atoms with Gasteiger partial charge >= 0.3 is 0 Å². The molecule has 2 heterocycles. The molecule has 0 amide bonds. The van der Waals surface area contributed by atoms with E-state index in [1.807, 2.05) is 19.9 Å². The molecule has 1 aromatic heterocycles. The average Bonchev–Trinajstić information content (AvgIpc) is 2.92. The van der Waals surface area contributed by atoms with Gasteiger partial charge in [-0.2, -0.15) is 0 Å². The molecule has 0 spiro atoms. The Hall–Kier alpha value is -1.20. The molecule has 2 rings (SSSR count). The van der Waals surface area contributed by atoms with Crippen molar-refractivity contribution < 1.29 is 9.47 Å². The number of rotatable bonds is 7. The van der Waals surface area contributed by atoms with Gasteiger partial charge in [-0.1, -0.05) is 0 Å². The molecular weight excluding hydrogens is 242 g/mol. The maximum atomic E-state index is 5.50. The molecule has 0 unspecified atom stereocenters. The van der Waals surface area contributed by atoms with Gasteiger partial charge in [0, 0.05) is 31.7 Å². The third kappa shape index (κ3) is 4.76. The fraction of sp³-hybridized carbons (Fsp3) is 0.714. The van der Waals surface area contributed by atoms with Crippen molar-refractivity contribution in [3.8, 4) is 0 Å². The SMILES string of the molecule is CC(C)OCCCNc1cc([C@H]2CCOC2)ncn1. The van der Waals surface area contributed by atoms with Crippen LogP contribution in [0.5, 0.6) is 0 Å². The summed E-state index contributed by atoms with van der Waals surface area (Å²) in [5.41, 5.74) is 1.08. The lowest BCUT2D eigenvalue weighted by Gasteiger charge is -2.10. The molecule has 5 heteroatoms. The van der Waals surface area contributed by atoms with Crippen molar-refractivity contribution in [2.75, 3.05) is 31.7 Å². The highest BCUT2D eigenvalue weighted by Gasteiger charge is 2.19. The van der Waals surface area contributed by atoms with E-state index in [1.165, 1.54) is 0 Å². The van der Waals surface area contributed by atoms with Crippen LogP contribution in [0.2, 0.25) is 0 Å². The predicted molar refractivity (Wildman–Crippen MR) is 74.4 cm³/mol. The van der Waals surface area contributed by atoms with Crippen molar-refractivity contribution >= 4 is 5.82 Å². The largest absolute Gasteiger partial charge is 0.381 e. The molecule has 0 radical (unpaired) electrons. The molecule has 1 atom stereocenters. The highest BCUT2D eigenvalue weighted by atomic mass is 16.5. The molecule has 0 saturated carbocycles. The Kier molecular flexibility index (Phi) is 5.54. The number of hydrogen-bond acceptors (Lipinski definition) is 5.